The standard InChI is InChI=1S/C18H19F3N4O2/c19-18(20,21)17(24-14(26)10-11-6-2-1-3-7-11)15(27)23-16-22-12-8-4-5-9-13(12)25(16)17/h4-5,8-9,11H,1-3,6-7,10H2,(H,24,26)(H,22,23,27). The molecule has 2 aromatic rings. The average molecular weight is 380 g/mol. The number of fused-ring (bicyclic) bond motifs is 3. The predicted octanol–water partition coefficient (Wildman–Crippen LogP) is 3.29. The van der Waals surface area contributed by atoms with E-state index in [0.29, 0.717) is 5.52 Å². The van der Waals surface area contributed by atoms with Crippen molar-refractivity contribution >= 4 is 28.8 Å². The zero-order chi connectivity index (χ0) is 19.2. The van der Waals surface area contributed by atoms with Gasteiger partial charge >= 0.3 is 6.18 Å². The van der Waals surface area contributed by atoms with Crippen LogP contribution in [0.25, 0.3) is 11.0 Å². The molecule has 1 aliphatic heterocycles. The van der Waals surface area contributed by atoms with E-state index in [0.717, 1.165) is 36.7 Å². The van der Waals surface area contributed by atoms with E-state index in [1.165, 1.54) is 6.07 Å². The van der Waals surface area contributed by atoms with E-state index in [1.807, 2.05) is 5.32 Å². The van der Waals surface area contributed by atoms with E-state index in [2.05, 4.69) is 10.3 Å². The minimum absolute atomic E-state index is 0.0208. The molecule has 4 rings (SSSR count). The summed E-state index contributed by atoms with van der Waals surface area (Å²) in [6, 6.07) is 6.20. The Morgan fingerprint density at radius 3 is 2.67 bits per heavy atom. The normalized spacial score (nSPS) is 23.3. The largest absolute Gasteiger partial charge is 0.440 e. The van der Waals surface area contributed by atoms with E-state index >= 15 is 0 Å². The Hall–Kier alpha value is -2.58. The number of hydrogen-bond acceptors (Lipinski definition) is 3. The smallest absolute Gasteiger partial charge is 0.317 e. The first-order chi connectivity index (χ1) is 12.8. The predicted molar refractivity (Wildman–Crippen MR) is 91.7 cm³/mol. The second-order valence-corrected chi connectivity index (χ2v) is 7.18. The van der Waals surface area contributed by atoms with Crippen LogP contribution in [0.1, 0.15) is 38.5 Å². The number of hydrogen-bond donors (Lipinski definition) is 2. The summed E-state index contributed by atoms with van der Waals surface area (Å²) < 4.78 is 43.2. The fraction of sp³-hybridized carbons (Fsp3) is 0.500. The lowest BCUT2D eigenvalue weighted by Gasteiger charge is -2.32. The van der Waals surface area contributed by atoms with Gasteiger partial charge in [-0.3, -0.25) is 19.5 Å². The Kier molecular flexibility index (Phi) is 4.12. The molecule has 1 saturated carbocycles. The second kappa shape index (κ2) is 6.24. The molecule has 0 saturated heterocycles. The number of rotatable bonds is 3. The minimum atomic E-state index is -5.03. The van der Waals surface area contributed by atoms with Gasteiger partial charge in [-0.05, 0) is 30.9 Å². The lowest BCUT2D eigenvalue weighted by molar-refractivity contribution is -0.217. The summed E-state index contributed by atoms with van der Waals surface area (Å²) >= 11 is 0. The molecule has 1 aromatic carbocycles. The Labute approximate surface area is 153 Å². The maximum absolute atomic E-state index is 14.2. The van der Waals surface area contributed by atoms with Crippen LogP contribution in [0.5, 0.6) is 0 Å². The second-order valence-electron chi connectivity index (χ2n) is 7.18. The highest BCUT2D eigenvalue weighted by Crippen LogP contribution is 2.44. The summed E-state index contributed by atoms with van der Waals surface area (Å²) in [5.74, 6) is -2.30. The number of para-hydroxylation sites is 2. The van der Waals surface area contributed by atoms with Gasteiger partial charge in [0.25, 0.3) is 11.6 Å². The molecule has 0 bridgehead atoms. The first-order valence-electron chi connectivity index (χ1n) is 9.00. The van der Waals surface area contributed by atoms with Gasteiger partial charge in [-0.15, -0.1) is 0 Å². The van der Waals surface area contributed by atoms with E-state index < -0.39 is 23.7 Å². The molecule has 2 heterocycles. The number of imidazole rings is 1. The Morgan fingerprint density at radius 2 is 1.96 bits per heavy atom. The van der Waals surface area contributed by atoms with Gasteiger partial charge in [-0.25, -0.2) is 4.98 Å². The molecule has 1 fully saturated rings. The minimum Gasteiger partial charge on any atom is -0.317 e. The highest BCUT2D eigenvalue weighted by atomic mass is 19.4. The van der Waals surface area contributed by atoms with Gasteiger partial charge in [-0.1, -0.05) is 31.4 Å². The van der Waals surface area contributed by atoms with Gasteiger partial charge in [0.1, 0.15) is 0 Å². The summed E-state index contributed by atoms with van der Waals surface area (Å²) in [5, 5.41) is 4.18. The summed E-state index contributed by atoms with van der Waals surface area (Å²) in [4.78, 5) is 29.0. The maximum atomic E-state index is 14.2. The highest BCUT2D eigenvalue weighted by Gasteiger charge is 2.67. The Morgan fingerprint density at radius 1 is 1.26 bits per heavy atom. The zero-order valence-electron chi connectivity index (χ0n) is 14.5. The van der Waals surface area contributed by atoms with Crippen molar-refractivity contribution in [2.24, 2.45) is 5.92 Å². The van der Waals surface area contributed by atoms with Crippen LogP contribution in [0.15, 0.2) is 24.3 Å². The highest BCUT2D eigenvalue weighted by molar-refractivity contribution is 6.05. The maximum Gasteiger partial charge on any atom is 0.440 e. The van der Waals surface area contributed by atoms with Gasteiger partial charge < -0.3 is 5.32 Å². The van der Waals surface area contributed by atoms with Crippen LogP contribution in [0.2, 0.25) is 0 Å². The molecule has 27 heavy (non-hydrogen) atoms. The topological polar surface area (TPSA) is 76.0 Å². The molecule has 1 aliphatic carbocycles. The van der Waals surface area contributed by atoms with Crippen molar-refractivity contribution in [3.05, 3.63) is 24.3 Å². The number of halogens is 3. The third kappa shape index (κ3) is 2.76. The van der Waals surface area contributed by atoms with Crippen molar-refractivity contribution in [3.8, 4) is 0 Å². The number of carbonyl (C=O) groups is 2. The molecular formula is C18H19F3N4O2. The molecule has 6 nitrogen and oxygen atoms in total. The molecule has 2 N–H and O–H groups in total. The van der Waals surface area contributed by atoms with Crippen molar-refractivity contribution in [1.82, 2.24) is 14.9 Å². The molecule has 9 heteroatoms. The molecule has 2 amide bonds. The first-order valence-corrected chi connectivity index (χ1v) is 9.00. The molecule has 0 radical (unpaired) electrons. The fourth-order valence-corrected chi connectivity index (χ4v) is 4.09. The van der Waals surface area contributed by atoms with E-state index in [9.17, 15) is 22.8 Å². The third-order valence-electron chi connectivity index (χ3n) is 5.38. The Balaban J connectivity index is 1.74. The van der Waals surface area contributed by atoms with Crippen LogP contribution in [-0.4, -0.2) is 27.5 Å². The van der Waals surface area contributed by atoms with Crippen LogP contribution in [-0.2, 0) is 15.3 Å². The summed E-state index contributed by atoms with van der Waals surface area (Å²) in [6.07, 6.45) is -0.396. The zero-order valence-corrected chi connectivity index (χ0v) is 14.5. The number of nitrogens with zero attached hydrogens (tertiary/aromatic N) is 2. The number of aromatic nitrogens is 2. The number of carbonyl (C=O) groups excluding carboxylic acids is 2. The van der Waals surface area contributed by atoms with Crippen LogP contribution in [0.4, 0.5) is 19.1 Å². The fourth-order valence-electron chi connectivity index (χ4n) is 4.09. The summed E-state index contributed by atoms with van der Waals surface area (Å²) in [5.41, 5.74) is -2.76. The van der Waals surface area contributed by atoms with Crippen LogP contribution < -0.4 is 10.6 Å². The van der Waals surface area contributed by atoms with Gasteiger partial charge in [0, 0.05) is 6.42 Å². The third-order valence-corrected chi connectivity index (χ3v) is 5.38. The van der Waals surface area contributed by atoms with Crippen molar-refractivity contribution < 1.29 is 22.8 Å². The van der Waals surface area contributed by atoms with Gasteiger partial charge in [0.2, 0.25) is 11.9 Å². The van der Waals surface area contributed by atoms with Crippen molar-refractivity contribution in [1.29, 1.82) is 0 Å². The van der Waals surface area contributed by atoms with E-state index in [-0.39, 0.29) is 23.8 Å². The monoisotopic (exact) mass is 380 g/mol. The van der Waals surface area contributed by atoms with E-state index in [1.54, 1.807) is 18.2 Å². The number of anilines is 1. The summed E-state index contributed by atoms with van der Waals surface area (Å²) in [7, 11) is 0. The summed E-state index contributed by atoms with van der Waals surface area (Å²) in [6.45, 7) is 0. The molecule has 1 unspecified atom stereocenters. The van der Waals surface area contributed by atoms with Gasteiger partial charge in [0.05, 0.1) is 11.0 Å². The lowest BCUT2D eigenvalue weighted by Crippen LogP contribution is -2.63. The van der Waals surface area contributed by atoms with Crippen molar-refractivity contribution in [3.63, 3.8) is 0 Å². The lowest BCUT2D eigenvalue weighted by atomic mass is 9.86. The molecular weight excluding hydrogens is 361 g/mol. The molecule has 1 atom stereocenters. The van der Waals surface area contributed by atoms with Gasteiger partial charge in [-0.2, -0.15) is 13.2 Å². The number of nitrogens with one attached hydrogen (secondary N) is 2. The SMILES string of the molecule is O=C(CC1CCCCC1)NC1(C(F)(F)F)C(=O)Nc2nc3ccccc3n21. The van der Waals surface area contributed by atoms with Crippen LogP contribution in [0.3, 0.4) is 0 Å². The molecule has 1 aromatic heterocycles. The first kappa shape index (κ1) is 17.8. The molecule has 0 spiro atoms. The number of amides is 2. The molecule has 2 aliphatic rings. The quantitative estimate of drug-likeness (QED) is 0.858. The van der Waals surface area contributed by atoms with Gasteiger partial charge in [0.15, 0.2) is 0 Å². The number of benzene rings is 1. The van der Waals surface area contributed by atoms with E-state index in [4.69, 9.17) is 0 Å². The average Bonchev–Trinajstić information content (AvgIpc) is 3.10. The van der Waals surface area contributed by atoms with Crippen LogP contribution in [0, 0.1) is 5.92 Å². The van der Waals surface area contributed by atoms with Crippen molar-refractivity contribution in [2.75, 3.05) is 5.32 Å². The molecule has 144 valence electrons. The van der Waals surface area contributed by atoms with Crippen LogP contribution >= 0.6 is 0 Å². The Bertz CT molecular complexity index is 902. The van der Waals surface area contributed by atoms with Crippen molar-refractivity contribution in [2.45, 2.75) is 50.4 Å². The number of alkyl halides is 3.